The first-order valence-corrected chi connectivity index (χ1v) is 8.25. The highest BCUT2D eigenvalue weighted by Crippen LogP contribution is 2.37. The van der Waals surface area contributed by atoms with Crippen molar-refractivity contribution in [3.8, 4) is 0 Å². The first-order chi connectivity index (χ1) is 9.74. The van der Waals surface area contributed by atoms with Gasteiger partial charge in [-0.2, -0.15) is 0 Å². The van der Waals surface area contributed by atoms with Gasteiger partial charge < -0.3 is 9.73 Å². The summed E-state index contributed by atoms with van der Waals surface area (Å²) < 4.78 is 5.73. The van der Waals surface area contributed by atoms with Crippen LogP contribution in [-0.4, -0.2) is 24.0 Å². The Labute approximate surface area is 122 Å². The molecule has 3 heteroatoms. The molecule has 3 nitrogen and oxygen atoms in total. The summed E-state index contributed by atoms with van der Waals surface area (Å²) in [6, 6.07) is 2.89. The fourth-order valence-corrected chi connectivity index (χ4v) is 3.40. The van der Waals surface area contributed by atoms with Gasteiger partial charge in [-0.3, -0.25) is 4.90 Å². The summed E-state index contributed by atoms with van der Waals surface area (Å²) in [7, 11) is 0. The zero-order chi connectivity index (χ0) is 14.0. The van der Waals surface area contributed by atoms with Gasteiger partial charge in [0, 0.05) is 24.7 Å². The molecule has 1 aliphatic carbocycles. The molecule has 1 saturated carbocycles. The highest BCUT2D eigenvalue weighted by atomic mass is 16.3. The Balaban J connectivity index is 1.56. The molecule has 20 heavy (non-hydrogen) atoms. The first-order valence-electron chi connectivity index (χ1n) is 8.25. The molecule has 1 aromatic heterocycles. The zero-order valence-corrected chi connectivity index (χ0v) is 13.0. The molecule has 0 aromatic carbocycles. The van der Waals surface area contributed by atoms with Crippen molar-refractivity contribution in [2.45, 2.75) is 65.1 Å². The van der Waals surface area contributed by atoms with Crippen LogP contribution in [0.25, 0.3) is 0 Å². The number of hydrogen-bond acceptors (Lipinski definition) is 3. The van der Waals surface area contributed by atoms with E-state index >= 15 is 0 Å². The highest BCUT2D eigenvalue weighted by Gasteiger charge is 2.35. The summed E-state index contributed by atoms with van der Waals surface area (Å²) in [5, 5.41) is 3.58. The van der Waals surface area contributed by atoms with Crippen LogP contribution in [0.15, 0.2) is 16.7 Å². The van der Waals surface area contributed by atoms with Crippen LogP contribution in [0, 0.1) is 5.41 Å². The average molecular weight is 276 g/mol. The molecular weight excluding hydrogens is 248 g/mol. The maximum Gasteiger partial charge on any atom is 0.122 e. The van der Waals surface area contributed by atoms with Gasteiger partial charge in [0.05, 0.1) is 12.8 Å². The lowest BCUT2D eigenvalue weighted by atomic mass is 9.82. The third kappa shape index (κ3) is 3.09. The van der Waals surface area contributed by atoms with Crippen LogP contribution in [0.4, 0.5) is 0 Å². The molecule has 1 aromatic rings. The van der Waals surface area contributed by atoms with E-state index in [1.54, 1.807) is 0 Å². The third-order valence-electron chi connectivity index (χ3n) is 5.38. The molecule has 0 spiro atoms. The molecular formula is C17H28N2O. The van der Waals surface area contributed by atoms with E-state index in [4.69, 9.17) is 4.42 Å². The first kappa shape index (κ1) is 14.2. The van der Waals surface area contributed by atoms with Crippen molar-refractivity contribution in [2.75, 3.05) is 13.1 Å². The Kier molecular flexibility index (Phi) is 4.18. The van der Waals surface area contributed by atoms with Crippen molar-refractivity contribution >= 4 is 0 Å². The lowest BCUT2D eigenvalue weighted by Crippen LogP contribution is -2.26. The molecule has 0 atom stereocenters. The number of hydrogen-bond donors (Lipinski definition) is 1. The van der Waals surface area contributed by atoms with Gasteiger partial charge in [0.1, 0.15) is 5.76 Å². The minimum Gasteiger partial charge on any atom is -0.468 e. The predicted molar refractivity (Wildman–Crippen MR) is 81.5 cm³/mol. The number of likely N-dealkylation sites (tertiary alicyclic amines) is 1. The molecule has 2 aliphatic rings. The van der Waals surface area contributed by atoms with E-state index in [9.17, 15) is 0 Å². The van der Waals surface area contributed by atoms with E-state index < -0.39 is 0 Å². The molecule has 1 N–H and O–H groups in total. The van der Waals surface area contributed by atoms with Crippen LogP contribution in [0.2, 0.25) is 0 Å². The number of nitrogens with one attached hydrogen (secondary N) is 1. The largest absolute Gasteiger partial charge is 0.468 e. The van der Waals surface area contributed by atoms with Crippen molar-refractivity contribution in [1.82, 2.24) is 10.2 Å². The standard InChI is InChI=1S/C17H28N2O/c1-3-17(4-2)8-9-19(13-17)12-16-14(7-10-20-16)11-18-15-5-6-15/h7,10,15,18H,3-6,8-9,11-13H2,1-2H3. The number of furan rings is 1. The molecule has 0 radical (unpaired) electrons. The Morgan fingerprint density at radius 2 is 2.15 bits per heavy atom. The quantitative estimate of drug-likeness (QED) is 0.825. The average Bonchev–Trinajstić information content (AvgIpc) is 3.06. The lowest BCUT2D eigenvalue weighted by molar-refractivity contribution is 0.225. The van der Waals surface area contributed by atoms with Gasteiger partial charge in [-0.15, -0.1) is 0 Å². The van der Waals surface area contributed by atoms with Gasteiger partial charge in [-0.25, -0.2) is 0 Å². The summed E-state index contributed by atoms with van der Waals surface area (Å²) in [5.41, 5.74) is 1.90. The fourth-order valence-electron chi connectivity index (χ4n) is 3.40. The van der Waals surface area contributed by atoms with E-state index in [0.717, 1.165) is 19.1 Å². The van der Waals surface area contributed by atoms with E-state index in [0.29, 0.717) is 5.41 Å². The third-order valence-corrected chi connectivity index (χ3v) is 5.38. The van der Waals surface area contributed by atoms with Crippen LogP contribution in [0.3, 0.4) is 0 Å². The highest BCUT2D eigenvalue weighted by molar-refractivity contribution is 5.17. The summed E-state index contributed by atoms with van der Waals surface area (Å²) in [4.78, 5) is 2.58. The van der Waals surface area contributed by atoms with E-state index in [-0.39, 0.29) is 0 Å². The zero-order valence-electron chi connectivity index (χ0n) is 13.0. The van der Waals surface area contributed by atoms with Crippen molar-refractivity contribution in [3.05, 3.63) is 23.7 Å². The second-order valence-corrected chi connectivity index (χ2v) is 6.69. The maximum atomic E-state index is 5.73. The van der Waals surface area contributed by atoms with Crippen molar-refractivity contribution in [1.29, 1.82) is 0 Å². The van der Waals surface area contributed by atoms with E-state index in [1.165, 1.54) is 56.5 Å². The monoisotopic (exact) mass is 276 g/mol. The molecule has 3 rings (SSSR count). The SMILES string of the molecule is CCC1(CC)CCN(Cc2occc2CNC2CC2)C1. The normalized spacial score (nSPS) is 22.5. The molecule has 1 saturated heterocycles. The van der Waals surface area contributed by atoms with Gasteiger partial charge in [0.2, 0.25) is 0 Å². The van der Waals surface area contributed by atoms with Crippen LogP contribution in [-0.2, 0) is 13.1 Å². The van der Waals surface area contributed by atoms with Gasteiger partial charge in [0.25, 0.3) is 0 Å². The van der Waals surface area contributed by atoms with Gasteiger partial charge in [-0.05, 0) is 50.1 Å². The fraction of sp³-hybridized carbons (Fsp3) is 0.765. The second kappa shape index (κ2) is 5.90. The minimum atomic E-state index is 0.555. The Bertz CT molecular complexity index is 432. The minimum absolute atomic E-state index is 0.555. The molecule has 112 valence electrons. The van der Waals surface area contributed by atoms with E-state index in [1.807, 2.05) is 6.26 Å². The number of rotatable bonds is 7. The molecule has 0 amide bonds. The summed E-state index contributed by atoms with van der Waals surface area (Å²) in [5.74, 6) is 1.17. The van der Waals surface area contributed by atoms with Crippen molar-refractivity contribution in [2.24, 2.45) is 5.41 Å². The molecule has 0 bridgehead atoms. The molecule has 0 unspecified atom stereocenters. The molecule has 2 fully saturated rings. The smallest absolute Gasteiger partial charge is 0.122 e. The predicted octanol–water partition coefficient (Wildman–Crippen LogP) is 3.54. The van der Waals surface area contributed by atoms with Crippen LogP contribution in [0.1, 0.15) is 57.3 Å². The van der Waals surface area contributed by atoms with Crippen molar-refractivity contribution in [3.63, 3.8) is 0 Å². The maximum absolute atomic E-state index is 5.73. The Hall–Kier alpha value is -0.800. The summed E-state index contributed by atoms with van der Waals surface area (Å²) >= 11 is 0. The Morgan fingerprint density at radius 1 is 1.35 bits per heavy atom. The second-order valence-electron chi connectivity index (χ2n) is 6.69. The van der Waals surface area contributed by atoms with Gasteiger partial charge in [0.15, 0.2) is 0 Å². The topological polar surface area (TPSA) is 28.4 Å². The Morgan fingerprint density at radius 3 is 2.80 bits per heavy atom. The van der Waals surface area contributed by atoms with Crippen LogP contribution < -0.4 is 5.32 Å². The van der Waals surface area contributed by atoms with Gasteiger partial charge in [-0.1, -0.05) is 13.8 Å². The van der Waals surface area contributed by atoms with Crippen LogP contribution >= 0.6 is 0 Å². The summed E-state index contributed by atoms with van der Waals surface area (Å²) in [6.07, 6.45) is 8.48. The van der Waals surface area contributed by atoms with Crippen LogP contribution in [0.5, 0.6) is 0 Å². The number of nitrogens with zero attached hydrogens (tertiary/aromatic N) is 1. The molecule has 1 aliphatic heterocycles. The molecule has 2 heterocycles. The van der Waals surface area contributed by atoms with E-state index in [2.05, 4.69) is 30.1 Å². The summed E-state index contributed by atoms with van der Waals surface area (Å²) in [6.45, 7) is 9.08. The van der Waals surface area contributed by atoms with Crippen molar-refractivity contribution < 1.29 is 4.42 Å². The lowest BCUT2D eigenvalue weighted by Gasteiger charge is -2.26. The van der Waals surface area contributed by atoms with Gasteiger partial charge >= 0.3 is 0 Å².